The maximum Gasteiger partial charge on any atom is -1.00 e. The smallest absolute Gasteiger partial charge is 1.00 e. The van der Waals surface area contributed by atoms with Gasteiger partial charge in [-0.15, -0.1) is 0 Å². The summed E-state index contributed by atoms with van der Waals surface area (Å²) in [5.41, 5.74) is 0. The molecule has 1 saturated heterocycles. The van der Waals surface area contributed by atoms with Gasteiger partial charge < -0.3 is 37.2 Å². The summed E-state index contributed by atoms with van der Waals surface area (Å²) in [5, 5.41) is 6.81. The van der Waals surface area contributed by atoms with E-state index >= 15 is 0 Å². The van der Waals surface area contributed by atoms with Crippen LogP contribution in [-0.2, 0) is 25.5 Å². The van der Waals surface area contributed by atoms with Crippen molar-refractivity contribution in [3.8, 4) is 0 Å². The summed E-state index contributed by atoms with van der Waals surface area (Å²) in [6.07, 6.45) is 3.22. The van der Waals surface area contributed by atoms with Crippen LogP contribution >= 0.6 is 0 Å². The molecule has 19 heavy (non-hydrogen) atoms. The number of hydrogen-bond acceptors (Lipinski definition) is 4. The second kappa shape index (κ2) is 15.5. The zero-order valence-corrected chi connectivity index (χ0v) is 15.1. The maximum absolute atomic E-state index is 11.5. The first-order valence-corrected chi connectivity index (χ1v) is 6.81. The van der Waals surface area contributed by atoms with E-state index in [2.05, 4.69) is 34.7 Å². The van der Waals surface area contributed by atoms with Gasteiger partial charge in [0.2, 0.25) is 0 Å². The number of nitrogens with one attached hydrogen (secondary N) is 2. The van der Waals surface area contributed by atoms with Gasteiger partial charge in [0.25, 0.3) is 0 Å². The molecule has 2 N–H and O–H groups in total. The molecule has 8 heteroatoms. The number of ketones is 1. The Kier molecular flexibility index (Phi) is 20.5. The molecular weight excluding hydrogens is 344 g/mol. The quantitative estimate of drug-likeness (QED) is 0.453. The zero-order valence-electron chi connectivity index (χ0n) is 11.2. The normalized spacial score (nSPS) is 22.6. The van der Waals surface area contributed by atoms with E-state index in [4.69, 9.17) is 0 Å². The molecule has 0 aromatic rings. The summed E-state index contributed by atoms with van der Waals surface area (Å²) >= 11 is 2.05. The Hall–Kier alpha value is 1.13. The summed E-state index contributed by atoms with van der Waals surface area (Å²) in [7, 11) is 0. The van der Waals surface area contributed by atoms with E-state index in [1.165, 1.54) is 6.42 Å². The SMILES string of the molecule is CC(=O)C1CCNCCCNCCC[N]1[Ti+3].[Cl-].[Cl-].[Cl-]. The molecule has 112 valence electrons. The molecule has 1 aliphatic rings. The summed E-state index contributed by atoms with van der Waals surface area (Å²) in [6, 6.07) is 0.0897. The summed E-state index contributed by atoms with van der Waals surface area (Å²) in [4.78, 5) is 11.5. The van der Waals surface area contributed by atoms with Crippen LogP contribution in [0.3, 0.4) is 0 Å². The molecule has 4 nitrogen and oxygen atoms in total. The van der Waals surface area contributed by atoms with Gasteiger partial charge in [-0.25, -0.2) is 0 Å². The van der Waals surface area contributed by atoms with Crippen LogP contribution in [0.5, 0.6) is 0 Å². The first kappa shape index (κ1) is 25.1. The van der Waals surface area contributed by atoms with E-state index in [9.17, 15) is 4.79 Å². The summed E-state index contributed by atoms with van der Waals surface area (Å²) < 4.78 is 2.19. The molecule has 0 aromatic carbocycles. The number of hydrogen-bond donors (Lipinski definition) is 2. The fraction of sp³-hybridized carbons (Fsp3) is 0.909. The monoisotopic (exact) mass is 365 g/mol. The first-order chi connectivity index (χ1) is 7.72. The van der Waals surface area contributed by atoms with E-state index in [0.29, 0.717) is 0 Å². The van der Waals surface area contributed by atoms with Crippen molar-refractivity contribution in [3.05, 3.63) is 0 Å². The van der Waals surface area contributed by atoms with Crippen LogP contribution in [0.1, 0.15) is 26.2 Å². The van der Waals surface area contributed by atoms with Crippen molar-refractivity contribution in [2.75, 3.05) is 32.7 Å². The van der Waals surface area contributed by atoms with E-state index in [-0.39, 0.29) is 49.0 Å². The van der Waals surface area contributed by atoms with Crippen LogP contribution in [0.2, 0.25) is 0 Å². The van der Waals surface area contributed by atoms with E-state index in [1.54, 1.807) is 6.92 Å². The Bertz CT molecular complexity index is 225. The number of nitrogens with zero attached hydrogens (tertiary/aromatic N) is 1. The van der Waals surface area contributed by atoms with Crippen LogP contribution in [0.25, 0.3) is 0 Å². The molecule has 1 aliphatic heterocycles. The molecule has 0 bridgehead atoms. The van der Waals surface area contributed by atoms with Crippen molar-refractivity contribution in [3.63, 3.8) is 0 Å². The van der Waals surface area contributed by atoms with Crippen molar-refractivity contribution in [2.24, 2.45) is 0 Å². The van der Waals surface area contributed by atoms with Crippen LogP contribution < -0.4 is 47.9 Å². The number of halogens is 3. The van der Waals surface area contributed by atoms with Crippen molar-refractivity contribution in [2.45, 2.75) is 32.2 Å². The number of carbonyl (C=O) groups is 1. The van der Waals surface area contributed by atoms with Gasteiger partial charge in [0.05, 0.1) is 0 Å². The number of Topliss-reactive ketones (excluding diaryl/α,β-unsaturated/α-hetero) is 1. The molecule has 1 atom stereocenters. The molecular formula is C11H22Cl3N3OTi. The Morgan fingerprint density at radius 1 is 1.05 bits per heavy atom. The first-order valence-electron chi connectivity index (χ1n) is 6.11. The fourth-order valence-corrected chi connectivity index (χ4v) is 2.67. The molecule has 1 fully saturated rings. The zero-order chi connectivity index (χ0) is 11.8. The topological polar surface area (TPSA) is 44.4 Å². The van der Waals surface area contributed by atoms with Crippen molar-refractivity contribution in [1.29, 1.82) is 0 Å². The van der Waals surface area contributed by atoms with E-state index in [1.807, 2.05) is 0 Å². The minimum Gasteiger partial charge on any atom is -1.00 e. The van der Waals surface area contributed by atoms with Gasteiger partial charge in [0, 0.05) is 0 Å². The van der Waals surface area contributed by atoms with Gasteiger partial charge in [0.1, 0.15) is 0 Å². The second-order valence-electron chi connectivity index (χ2n) is 4.32. The molecule has 0 spiro atoms. The third kappa shape index (κ3) is 11.5. The maximum atomic E-state index is 11.5. The van der Waals surface area contributed by atoms with Gasteiger partial charge in [-0.05, 0) is 0 Å². The molecule has 0 aliphatic carbocycles. The molecule has 0 radical (unpaired) electrons. The predicted molar refractivity (Wildman–Crippen MR) is 60.8 cm³/mol. The van der Waals surface area contributed by atoms with Crippen LogP contribution in [0.15, 0.2) is 0 Å². The third-order valence-corrected chi connectivity index (χ3v) is 3.74. The average molecular weight is 367 g/mol. The summed E-state index contributed by atoms with van der Waals surface area (Å²) in [6.45, 7) is 6.82. The van der Waals surface area contributed by atoms with E-state index < -0.39 is 0 Å². The average Bonchev–Trinajstić information content (AvgIpc) is 2.22. The minimum absolute atomic E-state index is 0. The van der Waals surface area contributed by atoms with Gasteiger partial charge in [-0.3, -0.25) is 0 Å². The standard InChI is InChI=1S/C11H22N3O.3ClH.Ti/c1-10(15)11-4-9-13-6-2-5-12-7-3-8-14-11;;;;/h11-13H,2-9H2,1H3;3*1H;/q-1;;;;+4/p-3. The third-order valence-electron chi connectivity index (χ3n) is 2.90. The van der Waals surface area contributed by atoms with Gasteiger partial charge in [0.15, 0.2) is 0 Å². The molecule has 1 rings (SSSR count). The van der Waals surface area contributed by atoms with Crippen LogP contribution in [0.4, 0.5) is 0 Å². The largest absolute Gasteiger partial charge is 1.00 e. The van der Waals surface area contributed by atoms with Gasteiger partial charge in [-0.2, -0.15) is 0 Å². The Labute approximate surface area is 147 Å². The molecule has 0 saturated carbocycles. The molecule has 1 unspecified atom stereocenters. The van der Waals surface area contributed by atoms with Crippen molar-refractivity contribution >= 4 is 5.78 Å². The van der Waals surface area contributed by atoms with E-state index in [0.717, 1.165) is 45.6 Å². The van der Waals surface area contributed by atoms with Gasteiger partial charge in [-0.1, -0.05) is 0 Å². The Balaban J connectivity index is -0.000000853. The number of carbonyl (C=O) groups excluding carboxylic acids is 1. The fourth-order valence-electron chi connectivity index (χ4n) is 1.94. The van der Waals surface area contributed by atoms with Crippen LogP contribution in [-0.4, -0.2) is 47.9 Å². The Morgan fingerprint density at radius 2 is 1.58 bits per heavy atom. The molecule has 0 amide bonds. The summed E-state index contributed by atoms with van der Waals surface area (Å²) in [5.74, 6) is 0.286. The second-order valence-corrected chi connectivity index (χ2v) is 5.21. The number of rotatable bonds is 1. The van der Waals surface area contributed by atoms with Crippen molar-refractivity contribution in [1.82, 2.24) is 14.0 Å². The Morgan fingerprint density at radius 3 is 2.16 bits per heavy atom. The molecule has 1 heterocycles. The van der Waals surface area contributed by atoms with Crippen LogP contribution in [0, 0.1) is 0 Å². The van der Waals surface area contributed by atoms with Crippen molar-refractivity contribution < 1.29 is 62.7 Å². The van der Waals surface area contributed by atoms with Gasteiger partial charge >= 0.3 is 110 Å². The minimum atomic E-state index is 0. The predicted octanol–water partition coefficient (Wildman–Crippen LogP) is -8.92. The molecule has 0 aromatic heterocycles.